The number of ether oxygens (including phenoxy) is 1. The van der Waals surface area contributed by atoms with E-state index in [2.05, 4.69) is 10.4 Å². The van der Waals surface area contributed by atoms with Gasteiger partial charge in [-0.25, -0.2) is 9.18 Å². The Kier molecular flexibility index (Phi) is 4.47. The van der Waals surface area contributed by atoms with Gasteiger partial charge in [0.2, 0.25) is 0 Å². The van der Waals surface area contributed by atoms with Crippen LogP contribution in [0, 0.1) is 5.82 Å². The zero-order valence-corrected chi connectivity index (χ0v) is 14.4. The molecule has 1 amide bonds. The number of carbonyl (C=O) groups is 1. The van der Waals surface area contributed by atoms with E-state index < -0.39 is 17.5 Å². The fourth-order valence-corrected chi connectivity index (χ4v) is 3.11. The molecule has 0 radical (unpaired) electrons. The van der Waals surface area contributed by atoms with Gasteiger partial charge in [-0.05, 0) is 39.7 Å². The molecule has 1 saturated carbocycles. The number of amides is 1. The molecule has 1 aromatic carbocycles. The predicted octanol–water partition coefficient (Wildman–Crippen LogP) is 5.03. The van der Waals surface area contributed by atoms with E-state index in [1.807, 2.05) is 10.9 Å². The lowest BCUT2D eigenvalue weighted by atomic mass is 9.96. The lowest BCUT2D eigenvalue weighted by Gasteiger charge is -2.21. The molecule has 1 aliphatic carbocycles. The number of nitrogens with one attached hydrogen (secondary N) is 1. The zero-order chi connectivity index (χ0) is 17.3. The molecule has 0 saturated heterocycles. The average Bonchev–Trinajstić information content (AvgIpc) is 2.89. The molecule has 0 bridgehead atoms. The number of fused-ring (bicyclic) bond motifs is 1. The third-order valence-corrected chi connectivity index (χ3v) is 4.20. The first-order valence-corrected chi connectivity index (χ1v) is 8.50. The number of anilines is 1. The molecule has 1 fully saturated rings. The van der Waals surface area contributed by atoms with Crippen LogP contribution in [-0.2, 0) is 4.74 Å². The van der Waals surface area contributed by atoms with Crippen LogP contribution < -0.4 is 5.32 Å². The monoisotopic (exact) mass is 333 g/mol. The Hall–Kier alpha value is -2.11. The van der Waals surface area contributed by atoms with Gasteiger partial charge < -0.3 is 4.74 Å². The number of benzene rings is 1. The van der Waals surface area contributed by atoms with Crippen LogP contribution >= 0.6 is 0 Å². The highest BCUT2D eigenvalue weighted by Gasteiger charge is 2.20. The summed E-state index contributed by atoms with van der Waals surface area (Å²) in [4.78, 5) is 11.8. The summed E-state index contributed by atoms with van der Waals surface area (Å²) >= 11 is 0. The number of rotatable bonds is 2. The Morgan fingerprint density at radius 1 is 1.29 bits per heavy atom. The molecule has 130 valence electrons. The molecule has 3 rings (SSSR count). The summed E-state index contributed by atoms with van der Waals surface area (Å²) in [5, 5.41) is 7.80. The van der Waals surface area contributed by atoms with Crippen molar-refractivity contribution in [2.24, 2.45) is 0 Å². The van der Waals surface area contributed by atoms with Crippen LogP contribution in [0.2, 0.25) is 0 Å². The summed E-state index contributed by atoms with van der Waals surface area (Å²) in [5.41, 5.74) is 0.0871. The maximum absolute atomic E-state index is 14.2. The van der Waals surface area contributed by atoms with Crippen molar-refractivity contribution in [2.45, 2.75) is 64.5 Å². The highest BCUT2D eigenvalue weighted by atomic mass is 19.1. The van der Waals surface area contributed by atoms with Crippen LogP contribution in [-0.4, -0.2) is 21.5 Å². The predicted molar refractivity (Wildman–Crippen MR) is 91.7 cm³/mol. The SMILES string of the molecule is CC(C)(C)OC(=O)Nc1cc2cn(C3CCCCC3)nc2cc1F. The van der Waals surface area contributed by atoms with Crippen molar-refractivity contribution in [3.05, 3.63) is 24.1 Å². The number of hydrogen-bond donors (Lipinski definition) is 1. The standard InChI is InChI=1S/C18H24FN3O2/c1-18(2,3)24-17(23)20-16-9-12-11-22(13-7-5-4-6-8-13)21-15(12)10-14(16)19/h9-11,13H,4-8H2,1-3H3,(H,20,23). The summed E-state index contributed by atoms with van der Waals surface area (Å²) < 4.78 is 21.4. The summed E-state index contributed by atoms with van der Waals surface area (Å²) in [7, 11) is 0. The lowest BCUT2D eigenvalue weighted by Crippen LogP contribution is -2.27. The van der Waals surface area contributed by atoms with Gasteiger partial charge in [0, 0.05) is 17.6 Å². The molecule has 1 aliphatic rings. The van der Waals surface area contributed by atoms with Crippen molar-refractivity contribution in [2.75, 3.05) is 5.32 Å². The van der Waals surface area contributed by atoms with Gasteiger partial charge in [0.25, 0.3) is 0 Å². The molecule has 0 aliphatic heterocycles. The minimum atomic E-state index is -0.666. The van der Waals surface area contributed by atoms with Crippen LogP contribution in [0.25, 0.3) is 10.9 Å². The van der Waals surface area contributed by atoms with E-state index in [0.29, 0.717) is 11.6 Å². The van der Waals surface area contributed by atoms with Crippen molar-refractivity contribution in [3.63, 3.8) is 0 Å². The molecular weight excluding hydrogens is 309 g/mol. The number of halogens is 1. The summed E-state index contributed by atoms with van der Waals surface area (Å²) in [5.74, 6) is -0.512. The minimum Gasteiger partial charge on any atom is -0.444 e. The highest BCUT2D eigenvalue weighted by molar-refractivity contribution is 5.90. The molecule has 24 heavy (non-hydrogen) atoms. The largest absolute Gasteiger partial charge is 0.444 e. The second-order valence-electron chi connectivity index (χ2n) is 7.42. The quantitative estimate of drug-likeness (QED) is 0.839. The summed E-state index contributed by atoms with van der Waals surface area (Å²) in [6.45, 7) is 5.29. The minimum absolute atomic E-state index is 0.111. The van der Waals surface area contributed by atoms with Gasteiger partial charge >= 0.3 is 6.09 Å². The van der Waals surface area contributed by atoms with Gasteiger partial charge in [0.05, 0.1) is 17.2 Å². The van der Waals surface area contributed by atoms with Gasteiger partial charge in [0.15, 0.2) is 0 Å². The molecule has 0 atom stereocenters. The van der Waals surface area contributed by atoms with Gasteiger partial charge in [0.1, 0.15) is 11.4 Å². The van der Waals surface area contributed by atoms with E-state index in [-0.39, 0.29) is 5.69 Å². The van der Waals surface area contributed by atoms with E-state index in [9.17, 15) is 9.18 Å². The molecule has 2 aromatic rings. The number of hydrogen-bond acceptors (Lipinski definition) is 3. The van der Waals surface area contributed by atoms with Gasteiger partial charge in [-0.1, -0.05) is 19.3 Å². The molecule has 5 nitrogen and oxygen atoms in total. The first kappa shape index (κ1) is 16.7. The molecule has 1 aromatic heterocycles. The number of nitrogens with zero attached hydrogens (tertiary/aromatic N) is 2. The maximum atomic E-state index is 14.2. The summed E-state index contributed by atoms with van der Waals surface area (Å²) in [6.07, 6.45) is 7.18. The van der Waals surface area contributed by atoms with Crippen molar-refractivity contribution in [1.29, 1.82) is 0 Å². The maximum Gasteiger partial charge on any atom is 0.412 e. The second kappa shape index (κ2) is 6.42. The molecule has 0 unspecified atom stereocenters. The Bertz CT molecular complexity index is 743. The molecular formula is C18H24FN3O2. The third kappa shape index (κ3) is 3.86. The Labute approximate surface area is 141 Å². The van der Waals surface area contributed by atoms with Gasteiger partial charge in [-0.3, -0.25) is 10.00 Å². The summed E-state index contributed by atoms with van der Waals surface area (Å²) in [6, 6.07) is 3.36. The van der Waals surface area contributed by atoms with Gasteiger partial charge in [-0.2, -0.15) is 5.10 Å². The molecule has 6 heteroatoms. The smallest absolute Gasteiger partial charge is 0.412 e. The van der Waals surface area contributed by atoms with Crippen LogP contribution in [0.1, 0.15) is 58.9 Å². The van der Waals surface area contributed by atoms with Gasteiger partial charge in [-0.15, -0.1) is 0 Å². The van der Waals surface area contributed by atoms with Crippen LogP contribution in [0.15, 0.2) is 18.3 Å². The Morgan fingerprint density at radius 2 is 2.00 bits per heavy atom. The first-order chi connectivity index (χ1) is 11.3. The fourth-order valence-electron chi connectivity index (χ4n) is 3.11. The van der Waals surface area contributed by atoms with E-state index >= 15 is 0 Å². The van der Waals surface area contributed by atoms with E-state index in [4.69, 9.17) is 4.74 Å². The van der Waals surface area contributed by atoms with E-state index in [1.165, 1.54) is 25.3 Å². The van der Waals surface area contributed by atoms with E-state index in [1.54, 1.807) is 26.8 Å². The molecule has 1 N–H and O–H groups in total. The second-order valence-corrected chi connectivity index (χ2v) is 7.42. The van der Waals surface area contributed by atoms with Crippen molar-refractivity contribution < 1.29 is 13.9 Å². The molecule has 1 heterocycles. The van der Waals surface area contributed by atoms with Crippen molar-refractivity contribution >= 4 is 22.7 Å². The third-order valence-electron chi connectivity index (χ3n) is 4.20. The topological polar surface area (TPSA) is 56.1 Å². The van der Waals surface area contributed by atoms with Crippen LogP contribution in [0.5, 0.6) is 0 Å². The zero-order valence-electron chi connectivity index (χ0n) is 14.4. The van der Waals surface area contributed by atoms with Crippen molar-refractivity contribution in [3.8, 4) is 0 Å². The lowest BCUT2D eigenvalue weighted by molar-refractivity contribution is 0.0635. The number of carbonyl (C=O) groups excluding carboxylic acids is 1. The molecule has 0 spiro atoms. The first-order valence-electron chi connectivity index (χ1n) is 8.50. The fraction of sp³-hybridized carbons (Fsp3) is 0.556. The van der Waals surface area contributed by atoms with Crippen LogP contribution in [0.3, 0.4) is 0 Å². The Balaban J connectivity index is 1.82. The average molecular weight is 333 g/mol. The highest BCUT2D eigenvalue weighted by Crippen LogP contribution is 2.30. The number of aromatic nitrogens is 2. The van der Waals surface area contributed by atoms with E-state index in [0.717, 1.165) is 18.2 Å². The normalized spacial score (nSPS) is 16.3. The Morgan fingerprint density at radius 3 is 2.67 bits per heavy atom. The van der Waals surface area contributed by atoms with Crippen molar-refractivity contribution in [1.82, 2.24) is 9.78 Å². The van der Waals surface area contributed by atoms with Crippen LogP contribution in [0.4, 0.5) is 14.9 Å².